The van der Waals surface area contributed by atoms with E-state index in [2.05, 4.69) is 33.0 Å². The van der Waals surface area contributed by atoms with E-state index in [1.54, 1.807) is 7.11 Å². The van der Waals surface area contributed by atoms with Gasteiger partial charge in [-0.3, -0.25) is 0 Å². The maximum Gasteiger partial charge on any atom is 0.0559 e. The van der Waals surface area contributed by atoms with Crippen LogP contribution in [0, 0.1) is 0 Å². The summed E-state index contributed by atoms with van der Waals surface area (Å²) in [6.07, 6.45) is 2.37. The lowest BCUT2D eigenvalue weighted by Gasteiger charge is -2.22. The lowest BCUT2D eigenvalue weighted by molar-refractivity contribution is 0.0450. The molecule has 0 bridgehead atoms. The zero-order valence-electron chi connectivity index (χ0n) is 10.9. The Morgan fingerprint density at radius 2 is 1.87 bits per heavy atom. The molecular weight excluding hydrogens is 190 g/mol. The summed E-state index contributed by atoms with van der Waals surface area (Å²) in [5.41, 5.74) is 0.204. The quantitative estimate of drug-likeness (QED) is 0.632. The van der Waals surface area contributed by atoms with Crippen LogP contribution >= 0.6 is 0 Å². The summed E-state index contributed by atoms with van der Waals surface area (Å²) in [4.78, 5) is 0. The fourth-order valence-electron chi connectivity index (χ4n) is 1.22. The average Bonchev–Trinajstić information content (AvgIpc) is 2.10. The molecule has 0 aliphatic carbocycles. The van der Waals surface area contributed by atoms with E-state index >= 15 is 0 Å². The Hall–Kier alpha value is -0.120. The zero-order valence-corrected chi connectivity index (χ0v) is 10.9. The van der Waals surface area contributed by atoms with Crippen LogP contribution in [0.4, 0.5) is 0 Å². The van der Waals surface area contributed by atoms with Crippen LogP contribution in [0.2, 0.25) is 0 Å². The maximum atomic E-state index is 5.64. The first-order valence-corrected chi connectivity index (χ1v) is 5.81. The smallest absolute Gasteiger partial charge is 0.0559 e. The molecule has 1 atom stereocenters. The molecule has 0 fully saturated rings. The summed E-state index contributed by atoms with van der Waals surface area (Å²) in [7, 11) is 1.72. The summed E-state index contributed by atoms with van der Waals surface area (Å²) < 4.78 is 10.6. The first-order valence-electron chi connectivity index (χ1n) is 5.81. The van der Waals surface area contributed by atoms with Gasteiger partial charge in [0.05, 0.1) is 6.10 Å². The minimum Gasteiger partial charge on any atom is -0.385 e. The molecule has 0 aromatic heterocycles. The summed E-state index contributed by atoms with van der Waals surface area (Å²) in [6.45, 7) is 11.2. The van der Waals surface area contributed by atoms with Crippen LogP contribution in [0.15, 0.2) is 0 Å². The summed E-state index contributed by atoms with van der Waals surface area (Å²) in [6, 6.07) is 0. The predicted molar refractivity (Wildman–Crippen MR) is 64.3 cm³/mol. The van der Waals surface area contributed by atoms with Crippen LogP contribution in [0.1, 0.15) is 40.5 Å². The fraction of sp³-hybridized carbons (Fsp3) is 1.00. The highest BCUT2D eigenvalue weighted by Crippen LogP contribution is 2.02. The normalized spacial score (nSPS) is 14.2. The molecule has 0 amide bonds. The molecule has 0 spiro atoms. The van der Waals surface area contributed by atoms with Crippen LogP contribution in [0.3, 0.4) is 0 Å². The number of nitrogens with one attached hydrogen (secondary N) is 1. The number of methoxy groups -OCH3 is 1. The summed E-state index contributed by atoms with van der Waals surface area (Å²) >= 11 is 0. The van der Waals surface area contributed by atoms with Gasteiger partial charge in [0.15, 0.2) is 0 Å². The second-order valence-electron chi connectivity index (χ2n) is 4.99. The molecule has 15 heavy (non-hydrogen) atoms. The van der Waals surface area contributed by atoms with Crippen molar-refractivity contribution in [1.29, 1.82) is 0 Å². The topological polar surface area (TPSA) is 30.5 Å². The molecule has 0 radical (unpaired) electrons. The van der Waals surface area contributed by atoms with E-state index in [-0.39, 0.29) is 5.54 Å². The van der Waals surface area contributed by atoms with E-state index in [1.807, 2.05) is 0 Å². The van der Waals surface area contributed by atoms with Gasteiger partial charge >= 0.3 is 0 Å². The van der Waals surface area contributed by atoms with E-state index in [4.69, 9.17) is 9.47 Å². The van der Waals surface area contributed by atoms with Crippen molar-refractivity contribution in [2.75, 3.05) is 26.9 Å². The van der Waals surface area contributed by atoms with Crippen molar-refractivity contribution in [2.45, 2.75) is 52.2 Å². The summed E-state index contributed by atoms with van der Waals surface area (Å²) in [5, 5.41) is 3.45. The third-order valence-corrected chi connectivity index (χ3v) is 2.10. The Labute approximate surface area is 94.5 Å². The highest BCUT2D eigenvalue weighted by Gasteiger charge is 2.09. The maximum absolute atomic E-state index is 5.64. The van der Waals surface area contributed by atoms with Gasteiger partial charge in [0.2, 0.25) is 0 Å². The van der Waals surface area contributed by atoms with Gasteiger partial charge in [0, 0.05) is 25.9 Å². The SMILES string of the molecule is COCCCOC(C)CCNC(C)(C)C. The molecular formula is C12H27NO2. The Morgan fingerprint density at radius 3 is 2.40 bits per heavy atom. The highest BCUT2D eigenvalue weighted by molar-refractivity contribution is 4.70. The van der Waals surface area contributed by atoms with Gasteiger partial charge in [-0.1, -0.05) is 0 Å². The number of hydrogen-bond donors (Lipinski definition) is 1. The number of rotatable bonds is 8. The van der Waals surface area contributed by atoms with Crippen molar-refractivity contribution in [2.24, 2.45) is 0 Å². The fourth-order valence-corrected chi connectivity index (χ4v) is 1.22. The molecule has 1 unspecified atom stereocenters. The van der Waals surface area contributed by atoms with Gasteiger partial charge < -0.3 is 14.8 Å². The van der Waals surface area contributed by atoms with E-state index < -0.39 is 0 Å². The van der Waals surface area contributed by atoms with Gasteiger partial charge in [0.1, 0.15) is 0 Å². The molecule has 0 aromatic carbocycles. The van der Waals surface area contributed by atoms with Crippen LogP contribution in [-0.2, 0) is 9.47 Å². The van der Waals surface area contributed by atoms with Crippen LogP contribution in [0.25, 0.3) is 0 Å². The first-order chi connectivity index (χ1) is 6.95. The first kappa shape index (κ1) is 14.9. The third-order valence-electron chi connectivity index (χ3n) is 2.10. The van der Waals surface area contributed by atoms with E-state index in [0.29, 0.717) is 6.10 Å². The van der Waals surface area contributed by atoms with Crippen molar-refractivity contribution in [3.63, 3.8) is 0 Å². The van der Waals surface area contributed by atoms with Crippen molar-refractivity contribution < 1.29 is 9.47 Å². The molecule has 3 heteroatoms. The van der Waals surface area contributed by atoms with Crippen LogP contribution < -0.4 is 5.32 Å². The largest absolute Gasteiger partial charge is 0.385 e. The summed E-state index contributed by atoms with van der Waals surface area (Å²) in [5.74, 6) is 0. The Balaban J connectivity index is 3.29. The predicted octanol–water partition coefficient (Wildman–Crippen LogP) is 2.21. The standard InChI is InChI=1S/C12H27NO2/c1-11(15-10-6-9-14-5)7-8-13-12(2,3)4/h11,13H,6-10H2,1-5H3. The molecule has 0 saturated carbocycles. The molecule has 1 N–H and O–H groups in total. The van der Waals surface area contributed by atoms with Crippen LogP contribution in [0.5, 0.6) is 0 Å². The molecule has 0 rings (SSSR count). The monoisotopic (exact) mass is 217 g/mol. The van der Waals surface area contributed by atoms with Crippen molar-refractivity contribution >= 4 is 0 Å². The molecule has 0 aliphatic rings. The lowest BCUT2D eigenvalue weighted by atomic mass is 10.1. The van der Waals surface area contributed by atoms with Gasteiger partial charge in [-0.05, 0) is 47.1 Å². The minimum absolute atomic E-state index is 0.204. The number of ether oxygens (including phenoxy) is 2. The van der Waals surface area contributed by atoms with Crippen molar-refractivity contribution in [3.8, 4) is 0 Å². The van der Waals surface area contributed by atoms with E-state index in [1.165, 1.54) is 0 Å². The number of hydrogen-bond acceptors (Lipinski definition) is 3. The van der Waals surface area contributed by atoms with Crippen molar-refractivity contribution in [1.82, 2.24) is 5.32 Å². The molecule has 0 heterocycles. The van der Waals surface area contributed by atoms with Gasteiger partial charge in [-0.2, -0.15) is 0 Å². The molecule has 92 valence electrons. The van der Waals surface area contributed by atoms with E-state index in [9.17, 15) is 0 Å². The Morgan fingerprint density at radius 1 is 1.20 bits per heavy atom. The molecule has 3 nitrogen and oxygen atoms in total. The minimum atomic E-state index is 0.204. The second-order valence-corrected chi connectivity index (χ2v) is 4.99. The van der Waals surface area contributed by atoms with Gasteiger partial charge in [-0.25, -0.2) is 0 Å². The third kappa shape index (κ3) is 11.8. The molecule has 0 aromatic rings. The molecule has 0 aliphatic heterocycles. The second kappa shape index (κ2) is 8.08. The Kier molecular flexibility index (Phi) is 8.02. The zero-order chi connectivity index (χ0) is 11.7. The highest BCUT2D eigenvalue weighted by atomic mass is 16.5. The van der Waals surface area contributed by atoms with Crippen LogP contribution in [-0.4, -0.2) is 38.5 Å². The van der Waals surface area contributed by atoms with Gasteiger partial charge in [0.25, 0.3) is 0 Å². The van der Waals surface area contributed by atoms with Gasteiger partial charge in [-0.15, -0.1) is 0 Å². The van der Waals surface area contributed by atoms with E-state index in [0.717, 1.165) is 32.6 Å². The molecule has 0 saturated heterocycles. The average molecular weight is 217 g/mol. The van der Waals surface area contributed by atoms with Crippen molar-refractivity contribution in [3.05, 3.63) is 0 Å². The lowest BCUT2D eigenvalue weighted by Crippen LogP contribution is -2.37. The Bertz CT molecular complexity index is 143.